The van der Waals surface area contributed by atoms with Crippen LogP contribution in [-0.2, 0) is 0 Å². The van der Waals surface area contributed by atoms with E-state index in [1.807, 2.05) is 121 Å². The molecule has 3 heteroatoms. The fourth-order valence-corrected chi connectivity index (χ4v) is 7.68. The van der Waals surface area contributed by atoms with Crippen molar-refractivity contribution >= 4 is 63.8 Å². The Morgan fingerprint density at radius 2 is 1.12 bits per heavy atom. The van der Waals surface area contributed by atoms with E-state index in [0.29, 0.717) is 27.0 Å². The van der Waals surface area contributed by atoms with Crippen molar-refractivity contribution < 1.29 is 11.0 Å². The largest absolute Gasteiger partial charge is 0.228 e. The number of hydrogen-bond donors (Lipinski definition) is 0. The van der Waals surface area contributed by atoms with Crippen LogP contribution in [0.5, 0.6) is 0 Å². The average molecular weight is 649 g/mol. The van der Waals surface area contributed by atoms with Crippen LogP contribution in [0.2, 0.25) is 0 Å². The van der Waals surface area contributed by atoms with Crippen LogP contribution in [0.3, 0.4) is 0 Å². The Hall–Kier alpha value is -6.16. The molecule has 2 aromatic heterocycles. The molecule has 0 saturated carbocycles. The summed E-state index contributed by atoms with van der Waals surface area (Å²) in [4.78, 5) is 10.2. The van der Waals surface area contributed by atoms with Crippen molar-refractivity contribution in [1.29, 1.82) is 0 Å². The summed E-state index contributed by atoms with van der Waals surface area (Å²) in [7, 11) is 0. The van der Waals surface area contributed by atoms with E-state index in [1.54, 1.807) is 0 Å². The predicted octanol–water partition coefficient (Wildman–Crippen LogP) is 13.0. The fourth-order valence-electron chi connectivity index (χ4n) is 6.56. The molecule has 0 bridgehead atoms. The maximum absolute atomic E-state index is 9.91. The van der Waals surface area contributed by atoms with E-state index in [9.17, 15) is 6.85 Å². The highest BCUT2D eigenvalue weighted by molar-refractivity contribution is 7.26. The van der Waals surface area contributed by atoms with Crippen LogP contribution in [0.1, 0.15) is 11.0 Å². The van der Waals surface area contributed by atoms with Crippen molar-refractivity contribution in [3.8, 4) is 45.0 Å². The van der Waals surface area contributed by atoms with Gasteiger partial charge in [-0.05, 0) is 74.4 Å². The maximum Gasteiger partial charge on any atom is 0.161 e. The molecule has 49 heavy (non-hydrogen) atoms. The number of fused-ring (bicyclic) bond motifs is 7. The summed E-state index contributed by atoms with van der Waals surface area (Å²) in [5, 5.41) is 4.76. The van der Waals surface area contributed by atoms with Crippen LogP contribution in [0.15, 0.2) is 170 Å². The molecule has 0 aliphatic heterocycles. The van der Waals surface area contributed by atoms with E-state index < -0.39 is 12.1 Å². The minimum absolute atomic E-state index is 0.0554. The van der Waals surface area contributed by atoms with E-state index in [4.69, 9.17) is 14.1 Å². The maximum atomic E-state index is 9.91. The highest BCUT2D eigenvalue weighted by atomic mass is 32.1. The third-order valence-corrected chi connectivity index (χ3v) is 10.1. The van der Waals surface area contributed by atoms with Gasteiger partial charge >= 0.3 is 0 Å². The summed E-state index contributed by atoms with van der Waals surface area (Å²) in [6.07, 6.45) is 0. The molecule has 0 fully saturated rings. The second-order valence-corrected chi connectivity index (χ2v) is 13.0. The molecule has 10 aromatic rings. The van der Waals surface area contributed by atoms with Gasteiger partial charge in [0.15, 0.2) is 5.82 Å². The molecule has 0 saturated heterocycles. The summed E-state index contributed by atoms with van der Waals surface area (Å²) in [5.74, 6) is 0.125. The topological polar surface area (TPSA) is 25.8 Å². The summed E-state index contributed by atoms with van der Waals surface area (Å²) < 4.78 is 74.4. The molecule has 0 amide bonds. The van der Waals surface area contributed by atoms with E-state index >= 15 is 0 Å². The van der Waals surface area contributed by atoms with Crippen molar-refractivity contribution in [1.82, 2.24) is 9.97 Å². The molecule has 0 unspecified atom stereocenters. The van der Waals surface area contributed by atoms with Crippen LogP contribution >= 0.6 is 11.3 Å². The van der Waals surface area contributed by atoms with Crippen molar-refractivity contribution in [2.24, 2.45) is 0 Å². The van der Waals surface area contributed by atoms with Gasteiger partial charge in [0.2, 0.25) is 0 Å². The molecule has 2 heterocycles. The van der Waals surface area contributed by atoms with Gasteiger partial charge in [-0.25, -0.2) is 9.97 Å². The predicted molar refractivity (Wildman–Crippen MR) is 209 cm³/mol. The molecule has 2 nitrogen and oxygen atoms in total. The number of thiophene rings is 1. The molecular formula is C46H28N2S. The number of rotatable bonds is 4. The Morgan fingerprint density at radius 3 is 1.90 bits per heavy atom. The molecule has 0 atom stereocenters. The minimum atomic E-state index is -0.425. The van der Waals surface area contributed by atoms with Crippen LogP contribution in [0.25, 0.3) is 97.5 Å². The molecule has 0 aliphatic rings. The van der Waals surface area contributed by atoms with Crippen molar-refractivity contribution in [3.05, 3.63) is 170 Å². The first-order valence-corrected chi connectivity index (χ1v) is 16.7. The molecule has 0 spiro atoms. The summed E-state index contributed by atoms with van der Waals surface area (Å²) >= 11 is 1.10. The van der Waals surface area contributed by atoms with Gasteiger partial charge in [0.25, 0.3) is 0 Å². The number of benzene rings is 8. The zero-order valence-corrected chi connectivity index (χ0v) is 26.7. The van der Waals surface area contributed by atoms with Crippen LogP contribution < -0.4 is 0 Å². The second-order valence-electron chi connectivity index (χ2n) is 12.0. The lowest BCUT2D eigenvalue weighted by molar-refractivity contribution is 1.19. The number of hydrogen-bond acceptors (Lipinski definition) is 3. The molecule has 228 valence electrons. The quantitative estimate of drug-likeness (QED) is 0.190. The van der Waals surface area contributed by atoms with Crippen LogP contribution in [0.4, 0.5) is 0 Å². The molecule has 0 N–H and O–H groups in total. The monoisotopic (exact) mass is 648 g/mol. The lowest BCUT2D eigenvalue weighted by Gasteiger charge is -2.13. The first kappa shape index (κ1) is 20.9. The van der Waals surface area contributed by atoms with Crippen molar-refractivity contribution in [3.63, 3.8) is 0 Å². The molecule has 8 aromatic carbocycles. The third-order valence-electron chi connectivity index (χ3n) is 8.98. The zero-order valence-electron chi connectivity index (χ0n) is 33.8. The molecule has 0 radical (unpaired) electrons. The van der Waals surface area contributed by atoms with E-state index in [2.05, 4.69) is 0 Å². The average Bonchev–Trinajstić information content (AvgIpc) is 3.64. The van der Waals surface area contributed by atoms with Gasteiger partial charge in [0.1, 0.15) is 0 Å². The van der Waals surface area contributed by atoms with Gasteiger partial charge in [-0.2, -0.15) is 0 Å². The minimum Gasteiger partial charge on any atom is -0.228 e. The first-order chi connectivity index (χ1) is 27.6. The summed E-state index contributed by atoms with van der Waals surface area (Å²) in [6.45, 7) is 0. The van der Waals surface area contributed by atoms with Crippen molar-refractivity contribution in [2.75, 3.05) is 0 Å². The van der Waals surface area contributed by atoms with Crippen LogP contribution in [0, 0.1) is 0 Å². The highest BCUT2D eigenvalue weighted by Crippen LogP contribution is 2.45. The van der Waals surface area contributed by atoms with Gasteiger partial charge in [-0.1, -0.05) is 133 Å². The normalized spacial score (nSPS) is 14.0. The number of nitrogens with zero attached hydrogens (tertiary/aromatic N) is 2. The Labute approximate surface area is 298 Å². The second kappa shape index (κ2) is 11.2. The zero-order chi connectivity index (χ0) is 39.3. The van der Waals surface area contributed by atoms with Gasteiger partial charge in [0, 0.05) is 42.2 Å². The Morgan fingerprint density at radius 1 is 0.469 bits per heavy atom. The van der Waals surface area contributed by atoms with E-state index in [0.717, 1.165) is 44.0 Å². The van der Waals surface area contributed by atoms with Gasteiger partial charge < -0.3 is 0 Å². The van der Waals surface area contributed by atoms with E-state index in [-0.39, 0.29) is 74.1 Å². The summed E-state index contributed by atoms with van der Waals surface area (Å²) in [6, 6.07) is 36.9. The van der Waals surface area contributed by atoms with Crippen LogP contribution in [-0.4, -0.2) is 9.97 Å². The first-order valence-electron chi connectivity index (χ1n) is 19.9. The Balaban J connectivity index is 1.37. The Kier molecular flexibility index (Phi) is 4.80. The van der Waals surface area contributed by atoms with Gasteiger partial charge in [-0.15, -0.1) is 11.3 Å². The number of aromatic nitrogens is 2. The fraction of sp³-hybridized carbons (Fsp3) is 0. The standard InChI is InChI=1S/C46H28N2S/c1-2-12-31(13-3-1)41-28-42(37-23-19-30-11-5-7-15-33(30)25-37)48-46(47-41)40-27-36-22-21-35(34-20-18-29-10-4-6-14-32(29)24-34)26-39(36)45-44(40)38-16-8-9-17-43(38)49-45/h1-28H/i8D,9D,16D,17D,21D,22D,26D,27D. The van der Waals surface area contributed by atoms with Gasteiger partial charge in [0.05, 0.1) is 22.4 Å². The van der Waals surface area contributed by atoms with Gasteiger partial charge in [-0.3, -0.25) is 0 Å². The lowest BCUT2D eigenvalue weighted by atomic mass is 9.95. The van der Waals surface area contributed by atoms with Crippen molar-refractivity contribution in [2.45, 2.75) is 0 Å². The van der Waals surface area contributed by atoms with E-state index in [1.165, 1.54) is 0 Å². The highest BCUT2D eigenvalue weighted by Gasteiger charge is 2.19. The lowest BCUT2D eigenvalue weighted by Crippen LogP contribution is -1.97. The molecule has 0 aliphatic carbocycles. The molecule has 10 rings (SSSR count). The summed E-state index contributed by atoms with van der Waals surface area (Å²) in [5.41, 5.74) is 3.71. The smallest absolute Gasteiger partial charge is 0.161 e. The third kappa shape index (κ3) is 4.78. The Bertz CT molecular complexity index is 3350. The SMILES string of the molecule is [2H]c1c([2H])c([2H])c2c(sc3c4c([2H])c(-c5ccc6ccccc6c5)c([2H])c([2H])c4c([2H])c(-c4nc(-c5ccccc5)cc(-c5ccc6ccccc6c5)n4)c32)c1[2H]. The molecular weight excluding hydrogens is 613 g/mol.